The lowest BCUT2D eigenvalue weighted by Crippen LogP contribution is -2.14. The van der Waals surface area contributed by atoms with Crippen molar-refractivity contribution in [2.75, 3.05) is 6.54 Å². The standard InChI is InChI=1S/C14H24N2O/c1-5-7-12(4)17-14-9-13(10-15-6-2)8-11(3)16-14/h8-9,12,15H,5-7,10H2,1-4H3. The molecule has 0 spiro atoms. The second kappa shape index (κ2) is 7.28. The maximum atomic E-state index is 5.82. The van der Waals surface area contributed by atoms with E-state index < -0.39 is 0 Å². The summed E-state index contributed by atoms with van der Waals surface area (Å²) in [4.78, 5) is 4.41. The van der Waals surface area contributed by atoms with E-state index in [1.54, 1.807) is 0 Å². The van der Waals surface area contributed by atoms with Crippen LogP contribution in [0.3, 0.4) is 0 Å². The van der Waals surface area contributed by atoms with Crippen LogP contribution in [0, 0.1) is 6.92 Å². The SMILES string of the molecule is CCCC(C)Oc1cc(CNCC)cc(C)n1. The number of pyridine rings is 1. The van der Waals surface area contributed by atoms with E-state index in [0.29, 0.717) is 0 Å². The molecule has 0 amide bonds. The summed E-state index contributed by atoms with van der Waals surface area (Å²) in [6.45, 7) is 10.2. The summed E-state index contributed by atoms with van der Waals surface area (Å²) in [5, 5.41) is 3.31. The summed E-state index contributed by atoms with van der Waals surface area (Å²) in [7, 11) is 0. The number of hydrogen-bond donors (Lipinski definition) is 1. The van der Waals surface area contributed by atoms with Gasteiger partial charge in [0.05, 0.1) is 6.10 Å². The van der Waals surface area contributed by atoms with Gasteiger partial charge in [0.2, 0.25) is 5.88 Å². The van der Waals surface area contributed by atoms with Crippen LogP contribution in [-0.2, 0) is 6.54 Å². The van der Waals surface area contributed by atoms with Crippen LogP contribution in [0.2, 0.25) is 0 Å². The number of aromatic nitrogens is 1. The van der Waals surface area contributed by atoms with Crippen LogP contribution < -0.4 is 10.1 Å². The van der Waals surface area contributed by atoms with E-state index in [1.807, 2.05) is 13.0 Å². The van der Waals surface area contributed by atoms with Gasteiger partial charge in [0.15, 0.2) is 0 Å². The molecule has 1 unspecified atom stereocenters. The number of ether oxygens (including phenoxy) is 1. The van der Waals surface area contributed by atoms with Crippen molar-refractivity contribution < 1.29 is 4.74 Å². The predicted octanol–water partition coefficient (Wildman–Crippen LogP) is 3.07. The second-order valence-electron chi connectivity index (χ2n) is 4.45. The van der Waals surface area contributed by atoms with Gasteiger partial charge >= 0.3 is 0 Å². The highest BCUT2D eigenvalue weighted by Gasteiger charge is 2.06. The van der Waals surface area contributed by atoms with Crippen molar-refractivity contribution in [3.8, 4) is 5.88 Å². The first-order chi connectivity index (χ1) is 8.15. The molecule has 0 saturated heterocycles. The number of aryl methyl sites for hydroxylation is 1. The van der Waals surface area contributed by atoms with Crippen LogP contribution in [0.4, 0.5) is 0 Å². The molecule has 1 rings (SSSR count). The van der Waals surface area contributed by atoms with Crippen molar-refractivity contribution in [1.82, 2.24) is 10.3 Å². The van der Waals surface area contributed by atoms with Gasteiger partial charge < -0.3 is 10.1 Å². The Morgan fingerprint density at radius 3 is 2.76 bits per heavy atom. The third-order valence-electron chi connectivity index (χ3n) is 2.59. The topological polar surface area (TPSA) is 34.1 Å². The van der Waals surface area contributed by atoms with Crippen LogP contribution in [0.25, 0.3) is 0 Å². The fourth-order valence-electron chi connectivity index (χ4n) is 1.81. The lowest BCUT2D eigenvalue weighted by atomic mass is 10.2. The van der Waals surface area contributed by atoms with E-state index in [4.69, 9.17) is 4.74 Å². The van der Waals surface area contributed by atoms with Gasteiger partial charge in [0.1, 0.15) is 0 Å². The van der Waals surface area contributed by atoms with E-state index in [1.165, 1.54) is 5.56 Å². The molecule has 1 heterocycles. The number of hydrogen-bond acceptors (Lipinski definition) is 3. The Hall–Kier alpha value is -1.09. The highest BCUT2D eigenvalue weighted by Crippen LogP contribution is 2.15. The minimum absolute atomic E-state index is 0.237. The summed E-state index contributed by atoms with van der Waals surface area (Å²) in [5.41, 5.74) is 2.25. The first-order valence-corrected chi connectivity index (χ1v) is 6.50. The largest absolute Gasteiger partial charge is 0.475 e. The molecule has 0 bridgehead atoms. The molecular formula is C14H24N2O. The molecule has 17 heavy (non-hydrogen) atoms. The highest BCUT2D eigenvalue weighted by atomic mass is 16.5. The Morgan fingerprint density at radius 1 is 1.35 bits per heavy atom. The smallest absolute Gasteiger partial charge is 0.214 e. The average molecular weight is 236 g/mol. The minimum atomic E-state index is 0.237. The van der Waals surface area contributed by atoms with E-state index in [9.17, 15) is 0 Å². The maximum Gasteiger partial charge on any atom is 0.214 e. The van der Waals surface area contributed by atoms with Crippen LogP contribution in [-0.4, -0.2) is 17.6 Å². The van der Waals surface area contributed by atoms with Crippen LogP contribution >= 0.6 is 0 Å². The van der Waals surface area contributed by atoms with Crippen LogP contribution in [0.15, 0.2) is 12.1 Å². The predicted molar refractivity (Wildman–Crippen MR) is 71.4 cm³/mol. The van der Waals surface area contributed by atoms with Gasteiger partial charge in [0.25, 0.3) is 0 Å². The highest BCUT2D eigenvalue weighted by molar-refractivity contribution is 5.24. The number of nitrogens with one attached hydrogen (secondary N) is 1. The van der Waals surface area contributed by atoms with Gasteiger partial charge in [-0.05, 0) is 38.4 Å². The first kappa shape index (κ1) is 14.0. The van der Waals surface area contributed by atoms with E-state index in [2.05, 4.69) is 37.1 Å². The molecule has 0 aliphatic heterocycles. The summed E-state index contributed by atoms with van der Waals surface area (Å²) in [6, 6.07) is 4.13. The molecule has 1 N–H and O–H groups in total. The van der Waals surface area contributed by atoms with Crippen LogP contribution in [0.5, 0.6) is 5.88 Å². The van der Waals surface area contributed by atoms with Crippen molar-refractivity contribution in [1.29, 1.82) is 0 Å². The van der Waals surface area contributed by atoms with Crippen molar-refractivity contribution in [3.05, 3.63) is 23.4 Å². The maximum absolute atomic E-state index is 5.82. The normalized spacial score (nSPS) is 12.5. The average Bonchev–Trinajstić information content (AvgIpc) is 2.25. The molecule has 0 fully saturated rings. The fraction of sp³-hybridized carbons (Fsp3) is 0.643. The van der Waals surface area contributed by atoms with Gasteiger partial charge in [-0.2, -0.15) is 0 Å². The van der Waals surface area contributed by atoms with Crippen molar-refractivity contribution >= 4 is 0 Å². The summed E-state index contributed by atoms with van der Waals surface area (Å²) < 4.78 is 5.82. The number of rotatable bonds is 7. The Morgan fingerprint density at radius 2 is 2.12 bits per heavy atom. The summed E-state index contributed by atoms with van der Waals surface area (Å²) in [6.07, 6.45) is 2.44. The van der Waals surface area contributed by atoms with E-state index in [-0.39, 0.29) is 6.10 Å². The minimum Gasteiger partial charge on any atom is -0.475 e. The molecule has 1 atom stereocenters. The lowest BCUT2D eigenvalue weighted by Gasteiger charge is -2.14. The third kappa shape index (κ3) is 5.18. The molecule has 0 aromatic carbocycles. The van der Waals surface area contributed by atoms with Gasteiger partial charge in [-0.25, -0.2) is 4.98 Å². The monoisotopic (exact) mass is 236 g/mol. The van der Waals surface area contributed by atoms with Crippen molar-refractivity contribution in [2.45, 2.75) is 53.2 Å². The lowest BCUT2D eigenvalue weighted by molar-refractivity contribution is 0.201. The van der Waals surface area contributed by atoms with Gasteiger partial charge in [-0.15, -0.1) is 0 Å². The summed E-state index contributed by atoms with van der Waals surface area (Å²) in [5.74, 6) is 0.749. The first-order valence-electron chi connectivity index (χ1n) is 6.50. The Bertz CT molecular complexity index is 339. The van der Waals surface area contributed by atoms with Crippen LogP contribution in [0.1, 0.15) is 44.9 Å². The molecule has 1 aromatic rings. The molecule has 0 aliphatic carbocycles. The molecule has 1 aromatic heterocycles. The zero-order valence-corrected chi connectivity index (χ0v) is 11.4. The van der Waals surface area contributed by atoms with Crippen molar-refractivity contribution in [3.63, 3.8) is 0 Å². The number of nitrogens with zero attached hydrogens (tertiary/aromatic N) is 1. The molecular weight excluding hydrogens is 212 g/mol. The van der Waals surface area contributed by atoms with Crippen molar-refractivity contribution in [2.24, 2.45) is 0 Å². The zero-order chi connectivity index (χ0) is 12.7. The Labute approximate surface area is 105 Å². The second-order valence-corrected chi connectivity index (χ2v) is 4.45. The molecule has 96 valence electrons. The molecule has 0 aliphatic rings. The zero-order valence-electron chi connectivity index (χ0n) is 11.4. The Kier molecular flexibility index (Phi) is 5.98. The van der Waals surface area contributed by atoms with E-state index >= 15 is 0 Å². The quantitative estimate of drug-likeness (QED) is 0.790. The fourth-order valence-corrected chi connectivity index (χ4v) is 1.81. The molecule has 3 heteroatoms. The summed E-state index contributed by atoms with van der Waals surface area (Å²) >= 11 is 0. The molecule has 0 saturated carbocycles. The molecule has 3 nitrogen and oxygen atoms in total. The third-order valence-corrected chi connectivity index (χ3v) is 2.59. The van der Waals surface area contributed by atoms with E-state index in [0.717, 1.165) is 37.5 Å². The molecule has 0 radical (unpaired) electrons. The van der Waals surface area contributed by atoms with Gasteiger partial charge in [-0.3, -0.25) is 0 Å². The van der Waals surface area contributed by atoms with Gasteiger partial charge in [-0.1, -0.05) is 20.3 Å². The van der Waals surface area contributed by atoms with Gasteiger partial charge in [0, 0.05) is 18.3 Å². The Balaban J connectivity index is 2.67.